The van der Waals surface area contributed by atoms with Crippen LogP contribution in [0.15, 0.2) is 159 Å². The first-order valence-corrected chi connectivity index (χ1v) is 21.8. The number of likely N-dealkylation sites (tertiary alicyclic amines) is 2. The molecule has 2 fully saturated rings. The van der Waals surface area contributed by atoms with Gasteiger partial charge in [-0.25, -0.2) is 17.6 Å². The minimum atomic E-state index is -1.07. The Morgan fingerprint density at radius 1 is 0.522 bits per heavy atom. The minimum absolute atomic E-state index is 0.103. The number of benzene rings is 6. The Bertz CT molecular complexity index is 2990. The van der Waals surface area contributed by atoms with Crippen molar-refractivity contribution in [2.75, 3.05) is 13.1 Å². The van der Waals surface area contributed by atoms with Crippen molar-refractivity contribution < 1.29 is 36.2 Å². The van der Waals surface area contributed by atoms with Crippen LogP contribution < -0.4 is 0 Å². The molecule has 6 aromatic carbocycles. The van der Waals surface area contributed by atoms with Gasteiger partial charge < -0.3 is 18.8 Å². The number of aromatic nitrogens is 4. The normalized spacial score (nSPS) is 15.0. The van der Waals surface area contributed by atoms with Crippen LogP contribution in [0, 0.1) is 34.6 Å². The lowest BCUT2D eigenvalue weighted by atomic mass is 9.73. The minimum Gasteiger partial charge on any atom is -0.337 e. The van der Waals surface area contributed by atoms with Crippen molar-refractivity contribution in [1.29, 1.82) is 5.26 Å². The molecule has 2 saturated heterocycles. The average molecular weight is 967 g/mol. The number of hydrogen-bond donors (Lipinski definition) is 0. The van der Waals surface area contributed by atoms with E-state index in [0.29, 0.717) is 76.9 Å². The van der Waals surface area contributed by atoms with Crippen molar-refractivity contribution in [3.63, 3.8) is 0 Å². The molecule has 334 valence electrons. The van der Waals surface area contributed by atoms with Crippen molar-refractivity contribution in [1.82, 2.24) is 30.1 Å². The van der Waals surface area contributed by atoms with E-state index in [-0.39, 0.29) is 42.4 Å². The highest BCUT2D eigenvalue weighted by Crippen LogP contribution is 2.44. The third kappa shape index (κ3) is 8.85. The van der Waals surface area contributed by atoms with E-state index in [9.17, 15) is 27.2 Å². The van der Waals surface area contributed by atoms with Crippen LogP contribution in [-0.2, 0) is 33.5 Å². The molecule has 0 saturated carbocycles. The molecule has 0 bridgehead atoms. The maximum absolute atomic E-state index is 13.8. The summed E-state index contributed by atoms with van der Waals surface area (Å²) in [6, 6.07) is 39.7. The van der Waals surface area contributed by atoms with Crippen LogP contribution in [0.4, 0.5) is 17.6 Å². The third-order valence-electron chi connectivity index (χ3n) is 12.1. The summed E-state index contributed by atoms with van der Waals surface area (Å²) in [4.78, 5) is 39.6. The van der Waals surface area contributed by atoms with Gasteiger partial charge >= 0.3 is 0 Å². The maximum atomic E-state index is 13.8. The third-order valence-corrected chi connectivity index (χ3v) is 12.7. The highest BCUT2D eigenvalue weighted by molar-refractivity contribution is 9.10. The molecule has 2 aromatic heterocycles. The van der Waals surface area contributed by atoms with Gasteiger partial charge in [-0.15, -0.1) is 0 Å². The summed E-state index contributed by atoms with van der Waals surface area (Å²) < 4.78 is 66.2. The molecule has 11 nitrogen and oxygen atoms in total. The van der Waals surface area contributed by atoms with Crippen LogP contribution in [0.1, 0.15) is 52.4 Å². The van der Waals surface area contributed by atoms with E-state index < -0.39 is 22.5 Å². The van der Waals surface area contributed by atoms with Crippen LogP contribution >= 0.6 is 15.9 Å². The summed E-state index contributed by atoms with van der Waals surface area (Å²) in [6.07, 6.45) is 0.885. The fourth-order valence-corrected chi connectivity index (χ4v) is 8.96. The molecule has 0 unspecified atom stereocenters. The molecule has 16 heteroatoms. The molecule has 0 atom stereocenters. The molecule has 2 aliphatic heterocycles. The van der Waals surface area contributed by atoms with Crippen LogP contribution in [0.5, 0.6) is 0 Å². The average Bonchev–Trinajstić information content (AvgIpc) is 4.16. The number of nitrogens with zero attached hydrogens (tertiary/aromatic N) is 7. The van der Waals surface area contributed by atoms with Crippen LogP contribution in [0.3, 0.4) is 0 Å². The van der Waals surface area contributed by atoms with Crippen LogP contribution in [0.25, 0.3) is 22.8 Å². The zero-order valence-corrected chi connectivity index (χ0v) is 36.8. The van der Waals surface area contributed by atoms with Gasteiger partial charge in [0.15, 0.2) is 0 Å². The second-order valence-electron chi connectivity index (χ2n) is 16.0. The summed E-state index contributed by atoms with van der Waals surface area (Å²) in [6.45, 7) is 1.09. The predicted octanol–water partition coefficient (Wildman–Crippen LogP) is 10.1. The Labute approximate surface area is 389 Å². The zero-order valence-electron chi connectivity index (χ0n) is 35.3. The van der Waals surface area contributed by atoms with Crippen molar-refractivity contribution in [3.05, 3.63) is 213 Å². The van der Waals surface area contributed by atoms with Gasteiger partial charge in [0.2, 0.25) is 35.2 Å². The van der Waals surface area contributed by atoms with E-state index in [1.165, 1.54) is 48.5 Å². The van der Waals surface area contributed by atoms with Gasteiger partial charge in [0, 0.05) is 28.7 Å². The predicted molar refractivity (Wildman–Crippen MR) is 239 cm³/mol. The summed E-state index contributed by atoms with van der Waals surface area (Å²) >= 11 is 3.40. The number of halogens is 5. The highest BCUT2D eigenvalue weighted by atomic mass is 79.9. The highest BCUT2D eigenvalue weighted by Gasteiger charge is 2.51. The molecule has 2 aliphatic rings. The van der Waals surface area contributed by atoms with Crippen molar-refractivity contribution in [2.45, 2.75) is 36.8 Å². The van der Waals surface area contributed by atoms with E-state index in [1.54, 1.807) is 82.6 Å². The fourth-order valence-electron chi connectivity index (χ4n) is 8.70. The molecular formula is C51H36BrF4N7O4. The number of hydrogen-bond acceptors (Lipinski definition) is 9. The van der Waals surface area contributed by atoms with Gasteiger partial charge in [0.05, 0.1) is 11.6 Å². The van der Waals surface area contributed by atoms with E-state index in [4.69, 9.17) is 14.3 Å². The molecular weight excluding hydrogens is 931 g/mol. The van der Waals surface area contributed by atoms with Gasteiger partial charge in [0.1, 0.15) is 47.2 Å². The molecule has 0 aliphatic carbocycles. The van der Waals surface area contributed by atoms with Crippen LogP contribution in [-0.4, -0.2) is 55.0 Å². The van der Waals surface area contributed by atoms with Crippen LogP contribution in [0.2, 0.25) is 0 Å². The fraction of sp³-hybridized carbons (Fsp3) is 0.157. The van der Waals surface area contributed by atoms with Gasteiger partial charge in [-0.1, -0.05) is 74.8 Å². The van der Waals surface area contributed by atoms with E-state index in [1.807, 2.05) is 24.3 Å². The van der Waals surface area contributed by atoms with Crippen molar-refractivity contribution in [2.24, 2.45) is 0 Å². The molecule has 2 amide bonds. The Balaban J connectivity index is 0.000000168. The van der Waals surface area contributed by atoms with E-state index >= 15 is 0 Å². The molecule has 67 heavy (non-hydrogen) atoms. The number of carbonyl (C=O) groups is 2. The quantitative estimate of drug-likeness (QED) is 0.122. The first-order chi connectivity index (χ1) is 32.4. The first kappa shape index (κ1) is 44.4. The Kier molecular flexibility index (Phi) is 12.3. The molecule has 0 radical (unpaired) electrons. The Morgan fingerprint density at radius 2 is 0.851 bits per heavy atom. The van der Waals surface area contributed by atoms with E-state index in [0.717, 1.165) is 10.0 Å². The number of rotatable bonds is 10. The first-order valence-electron chi connectivity index (χ1n) is 21.0. The smallest absolute Gasteiger partial charge is 0.246 e. The maximum Gasteiger partial charge on any atom is 0.246 e. The topological polar surface area (TPSA) is 142 Å². The van der Waals surface area contributed by atoms with Gasteiger partial charge in [0.25, 0.3) is 0 Å². The SMILES string of the molecule is N#Cc1ccc(-c2noc(CN3CCC(c4ccc(F)cc4)(c4ccc(F)cc4)C3=O)n2)cc1.O=C1N(Cc2nc(-c3ccc(Br)cc3)no2)CCC1(c1ccc(F)cc1)c1ccc(F)cc1. The molecule has 0 N–H and O–H groups in total. The number of carbonyl (C=O) groups excluding carboxylic acids is 2. The summed E-state index contributed by atoms with van der Waals surface area (Å²) in [5.41, 5.74) is 2.48. The largest absolute Gasteiger partial charge is 0.337 e. The summed E-state index contributed by atoms with van der Waals surface area (Å²) in [5, 5.41) is 17.0. The van der Waals surface area contributed by atoms with E-state index in [2.05, 4.69) is 42.3 Å². The van der Waals surface area contributed by atoms with Crippen molar-refractivity contribution >= 4 is 27.7 Å². The number of nitriles is 1. The van der Waals surface area contributed by atoms with Gasteiger partial charge in [-0.2, -0.15) is 15.2 Å². The second-order valence-corrected chi connectivity index (χ2v) is 16.9. The van der Waals surface area contributed by atoms with Crippen molar-refractivity contribution in [3.8, 4) is 28.8 Å². The Morgan fingerprint density at radius 3 is 1.18 bits per heavy atom. The van der Waals surface area contributed by atoms with Gasteiger partial charge in [-0.05, 0) is 132 Å². The lowest BCUT2D eigenvalue weighted by Gasteiger charge is -2.29. The molecule has 10 rings (SSSR count). The molecule has 4 heterocycles. The molecule has 0 spiro atoms. The standard InChI is InChI=1S/C26H18F2N4O2.C25H18BrF2N3O2/c27-21-9-5-19(6-10-21)26(20-7-11-22(28)12-8-20)13-14-32(25(26)33)16-23-30-24(31-34-23)18-3-1-17(15-29)2-4-18;26-19-7-1-16(2-8-19)23-29-22(33-30-23)15-31-14-13-25(24(31)32,17-3-9-20(27)10-4-17)18-5-11-21(28)12-6-18/h1-12H,13-14,16H2;1-12H,13-15H2. The monoisotopic (exact) mass is 965 g/mol. The second kappa shape index (κ2) is 18.6. The number of amides is 2. The lowest BCUT2D eigenvalue weighted by Crippen LogP contribution is -2.38. The summed E-state index contributed by atoms with van der Waals surface area (Å²) in [5.74, 6) is -0.585. The zero-order chi connectivity index (χ0) is 46.7. The summed E-state index contributed by atoms with van der Waals surface area (Å²) in [7, 11) is 0. The van der Waals surface area contributed by atoms with Gasteiger partial charge in [-0.3, -0.25) is 9.59 Å². The lowest BCUT2D eigenvalue weighted by molar-refractivity contribution is -0.132. The Hall–Kier alpha value is -7.77. The molecule has 8 aromatic rings.